The van der Waals surface area contributed by atoms with Gasteiger partial charge in [-0.15, -0.1) is 0 Å². The lowest BCUT2D eigenvalue weighted by Crippen LogP contribution is -2.12. The van der Waals surface area contributed by atoms with E-state index >= 15 is 0 Å². The minimum atomic E-state index is -4.50. The molecule has 4 heteroatoms. The second kappa shape index (κ2) is 5.17. The molecule has 92 valence electrons. The van der Waals surface area contributed by atoms with Crippen LogP contribution in [-0.2, 0) is 6.18 Å². The molecule has 0 aliphatic carbocycles. The number of carbonyl (C=O) groups is 1. The van der Waals surface area contributed by atoms with Crippen molar-refractivity contribution in [3.63, 3.8) is 0 Å². The molecule has 1 aromatic rings. The van der Waals surface area contributed by atoms with Crippen molar-refractivity contribution < 1.29 is 18.0 Å². The lowest BCUT2D eigenvalue weighted by molar-refractivity contribution is -0.137. The van der Waals surface area contributed by atoms with Crippen LogP contribution in [0.3, 0.4) is 0 Å². The van der Waals surface area contributed by atoms with Gasteiger partial charge in [0.15, 0.2) is 5.78 Å². The molecule has 1 nitrogen and oxygen atoms in total. The van der Waals surface area contributed by atoms with E-state index in [0.29, 0.717) is 12.0 Å². The second-order valence-corrected chi connectivity index (χ2v) is 3.72. The van der Waals surface area contributed by atoms with E-state index in [0.717, 1.165) is 6.07 Å². The van der Waals surface area contributed by atoms with Crippen LogP contribution in [0.15, 0.2) is 30.4 Å². The van der Waals surface area contributed by atoms with Crippen molar-refractivity contribution in [2.24, 2.45) is 0 Å². The topological polar surface area (TPSA) is 17.1 Å². The largest absolute Gasteiger partial charge is 0.417 e. The Balaban J connectivity index is 3.24. The summed E-state index contributed by atoms with van der Waals surface area (Å²) < 4.78 is 38.2. The first kappa shape index (κ1) is 13.5. The van der Waals surface area contributed by atoms with Crippen molar-refractivity contribution in [1.82, 2.24) is 0 Å². The molecule has 17 heavy (non-hydrogen) atoms. The maximum atomic E-state index is 12.7. The summed E-state index contributed by atoms with van der Waals surface area (Å²) in [6, 6.07) is 3.72. The van der Waals surface area contributed by atoms with Crippen molar-refractivity contribution in [3.8, 4) is 0 Å². The van der Waals surface area contributed by atoms with E-state index in [4.69, 9.17) is 0 Å². The van der Waals surface area contributed by atoms with Gasteiger partial charge in [0.1, 0.15) is 0 Å². The summed E-state index contributed by atoms with van der Waals surface area (Å²) in [6.45, 7) is 3.37. The zero-order valence-corrected chi connectivity index (χ0v) is 9.64. The Morgan fingerprint density at radius 1 is 1.35 bits per heavy atom. The molecule has 0 aliphatic heterocycles. The number of carbonyl (C=O) groups excluding carboxylic acids is 1. The summed E-state index contributed by atoms with van der Waals surface area (Å²) >= 11 is 0. The number of allylic oxidation sites excluding steroid dienone is 2. The minimum absolute atomic E-state index is 0.298. The van der Waals surface area contributed by atoms with Gasteiger partial charge in [0.25, 0.3) is 0 Å². The summed E-state index contributed by atoms with van der Waals surface area (Å²) in [6.07, 6.45) is -1.17. The molecule has 0 radical (unpaired) electrons. The van der Waals surface area contributed by atoms with Crippen molar-refractivity contribution in [3.05, 3.63) is 47.0 Å². The number of ketones is 1. The van der Waals surface area contributed by atoms with Gasteiger partial charge in [0.2, 0.25) is 0 Å². The molecule has 0 atom stereocenters. The summed E-state index contributed by atoms with van der Waals surface area (Å²) in [4.78, 5) is 11.6. The molecular weight excluding hydrogens is 229 g/mol. The highest BCUT2D eigenvalue weighted by molar-refractivity contribution is 6.05. The number of benzene rings is 1. The van der Waals surface area contributed by atoms with E-state index in [-0.39, 0.29) is 5.56 Å². The maximum Gasteiger partial charge on any atom is 0.417 e. The van der Waals surface area contributed by atoms with Gasteiger partial charge in [0.05, 0.1) is 5.56 Å². The van der Waals surface area contributed by atoms with Gasteiger partial charge in [0, 0.05) is 5.56 Å². The van der Waals surface area contributed by atoms with Gasteiger partial charge >= 0.3 is 6.18 Å². The molecule has 0 N–H and O–H groups in total. The SMILES string of the molecule is CCC=CC(=O)c1ccc(C)cc1C(F)(F)F. The number of rotatable bonds is 3. The van der Waals surface area contributed by atoms with Gasteiger partial charge in [-0.1, -0.05) is 30.7 Å². The van der Waals surface area contributed by atoms with Gasteiger partial charge < -0.3 is 0 Å². The van der Waals surface area contributed by atoms with E-state index in [1.165, 1.54) is 18.2 Å². The summed E-state index contributed by atoms with van der Waals surface area (Å²) in [7, 11) is 0. The molecule has 0 amide bonds. The molecular formula is C13H13F3O. The number of hydrogen-bond acceptors (Lipinski definition) is 1. The molecule has 0 aromatic heterocycles. The monoisotopic (exact) mass is 242 g/mol. The zero-order chi connectivity index (χ0) is 13.1. The summed E-state index contributed by atoms with van der Waals surface area (Å²) in [5.41, 5.74) is -0.690. The van der Waals surface area contributed by atoms with Crippen molar-refractivity contribution in [2.45, 2.75) is 26.4 Å². The van der Waals surface area contributed by atoms with Crippen LogP contribution in [0, 0.1) is 6.92 Å². The Morgan fingerprint density at radius 3 is 2.53 bits per heavy atom. The number of halogens is 3. The van der Waals surface area contributed by atoms with Gasteiger partial charge in [-0.2, -0.15) is 13.2 Å². The van der Waals surface area contributed by atoms with E-state index in [9.17, 15) is 18.0 Å². The lowest BCUT2D eigenvalue weighted by atomic mass is 10.00. The van der Waals surface area contributed by atoms with Crippen molar-refractivity contribution >= 4 is 5.78 Å². The third-order valence-corrected chi connectivity index (χ3v) is 2.25. The van der Waals surface area contributed by atoms with Crippen LogP contribution in [0.1, 0.15) is 34.8 Å². The van der Waals surface area contributed by atoms with Crippen LogP contribution in [0.5, 0.6) is 0 Å². The van der Waals surface area contributed by atoms with Crippen LogP contribution < -0.4 is 0 Å². The van der Waals surface area contributed by atoms with Gasteiger partial charge in [-0.3, -0.25) is 4.79 Å². The minimum Gasteiger partial charge on any atom is -0.289 e. The third kappa shape index (κ3) is 3.44. The van der Waals surface area contributed by atoms with E-state index in [1.54, 1.807) is 13.0 Å². The highest BCUT2D eigenvalue weighted by Crippen LogP contribution is 2.33. The van der Waals surface area contributed by atoms with E-state index in [2.05, 4.69) is 0 Å². The molecule has 0 saturated carbocycles. The molecule has 0 fully saturated rings. The number of alkyl halides is 3. The van der Waals surface area contributed by atoms with Gasteiger partial charge in [-0.05, 0) is 25.5 Å². The fourth-order valence-corrected chi connectivity index (χ4v) is 1.42. The molecule has 0 bridgehead atoms. The predicted molar refractivity (Wildman–Crippen MR) is 59.9 cm³/mol. The molecule has 0 unspecified atom stereocenters. The van der Waals surface area contributed by atoms with Crippen LogP contribution in [0.25, 0.3) is 0 Å². The van der Waals surface area contributed by atoms with Crippen molar-refractivity contribution in [2.75, 3.05) is 0 Å². The standard InChI is InChI=1S/C13H13F3O/c1-3-4-5-12(17)10-7-6-9(2)8-11(10)13(14,15)16/h4-8H,3H2,1-2H3. The average Bonchev–Trinajstić information content (AvgIpc) is 2.24. The Labute approximate surface area is 98.0 Å². The smallest absolute Gasteiger partial charge is 0.289 e. The highest BCUT2D eigenvalue weighted by Gasteiger charge is 2.34. The normalized spacial score (nSPS) is 12.1. The third-order valence-electron chi connectivity index (χ3n) is 2.25. The first-order valence-corrected chi connectivity index (χ1v) is 5.25. The zero-order valence-electron chi connectivity index (χ0n) is 9.64. The van der Waals surface area contributed by atoms with Gasteiger partial charge in [-0.25, -0.2) is 0 Å². The van der Waals surface area contributed by atoms with E-state index < -0.39 is 17.5 Å². The fraction of sp³-hybridized carbons (Fsp3) is 0.308. The summed E-state index contributed by atoms with van der Waals surface area (Å²) in [5, 5.41) is 0. The Morgan fingerprint density at radius 2 is 2.00 bits per heavy atom. The van der Waals surface area contributed by atoms with Crippen molar-refractivity contribution in [1.29, 1.82) is 0 Å². The Kier molecular flexibility index (Phi) is 4.10. The molecule has 1 rings (SSSR count). The number of hydrogen-bond donors (Lipinski definition) is 0. The Bertz CT molecular complexity index is 444. The first-order chi connectivity index (χ1) is 7.86. The highest BCUT2D eigenvalue weighted by atomic mass is 19.4. The fourth-order valence-electron chi connectivity index (χ4n) is 1.42. The number of aryl methyl sites for hydroxylation is 1. The van der Waals surface area contributed by atoms with Crippen LogP contribution in [0.4, 0.5) is 13.2 Å². The average molecular weight is 242 g/mol. The first-order valence-electron chi connectivity index (χ1n) is 5.25. The van der Waals surface area contributed by atoms with Crippen LogP contribution in [0.2, 0.25) is 0 Å². The summed E-state index contributed by atoms with van der Waals surface area (Å²) in [5.74, 6) is -0.612. The molecule has 0 heterocycles. The van der Waals surface area contributed by atoms with E-state index in [1.807, 2.05) is 6.92 Å². The predicted octanol–water partition coefficient (Wildman–Crippen LogP) is 4.16. The molecule has 0 spiro atoms. The second-order valence-electron chi connectivity index (χ2n) is 3.72. The lowest BCUT2D eigenvalue weighted by Gasteiger charge is -2.11. The van der Waals surface area contributed by atoms with Crippen LogP contribution >= 0.6 is 0 Å². The quantitative estimate of drug-likeness (QED) is 0.574. The molecule has 0 aliphatic rings. The molecule has 0 saturated heterocycles. The molecule has 1 aromatic carbocycles. The maximum absolute atomic E-state index is 12.7. The Hall–Kier alpha value is -1.58. The van der Waals surface area contributed by atoms with Crippen LogP contribution in [-0.4, -0.2) is 5.78 Å².